The molecule has 27 heavy (non-hydrogen) atoms. The van der Waals surface area contributed by atoms with E-state index in [9.17, 15) is 21.6 Å². The number of halogens is 3. The largest absolute Gasteiger partial charge is 0.457 e. The zero-order valence-electron chi connectivity index (χ0n) is 13.8. The molecule has 0 amide bonds. The quantitative estimate of drug-likeness (QED) is 0.676. The second kappa shape index (κ2) is 7.81. The van der Waals surface area contributed by atoms with Gasteiger partial charge in [-0.2, -0.15) is 0 Å². The van der Waals surface area contributed by atoms with E-state index in [1.165, 1.54) is 24.3 Å². The summed E-state index contributed by atoms with van der Waals surface area (Å²) in [7, 11) is -4.38. The molecule has 0 fully saturated rings. The van der Waals surface area contributed by atoms with Crippen molar-refractivity contribution in [1.29, 1.82) is 0 Å². The van der Waals surface area contributed by atoms with Gasteiger partial charge in [-0.25, -0.2) is 26.3 Å². The molecule has 0 atom stereocenters. The Hall–Kier alpha value is -2.84. The van der Waals surface area contributed by atoms with Crippen LogP contribution in [0.4, 0.5) is 13.2 Å². The zero-order valence-corrected chi connectivity index (χ0v) is 14.6. The van der Waals surface area contributed by atoms with Crippen LogP contribution >= 0.6 is 0 Å². The molecule has 8 heteroatoms. The molecular weight excluding hydrogens is 379 g/mol. The Bertz CT molecular complexity index is 1030. The van der Waals surface area contributed by atoms with Gasteiger partial charge in [0.1, 0.15) is 29.0 Å². The van der Waals surface area contributed by atoms with E-state index >= 15 is 0 Å². The summed E-state index contributed by atoms with van der Waals surface area (Å²) in [6.07, 6.45) is 0. The highest BCUT2D eigenvalue weighted by molar-refractivity contribution is 7.89. The fourth-order valence-corrected chi connectivity index (χ4v) is 3.50. The van der Waals surface area contributed by atoms with Gasteiger partial charge in [0, 0.05) is 6.54 Å². The fraction of sp³-hybridized carbons (Fsp3) is 0.0526. The minimum absolute atomic E-state index is 0.198. The Balaban J connectivity index is 1.74. The molecule has 0 aliphatic heterocycles. The number of rotatable bonds is 6. The van der Waals surface area contributed by atoms with E-state index in [0.29, 0.717) is 17.1 Å². The summed E-state index contributed by atoms with van der Waals surface area (Å²) in [4.78, 5) is -1.02. The van der Waals surface area contributed by atoms with E-state index in [-0.39, 0.29) is 6.54 Å². The molecule has 0 unspecified atom stereocenters. The molecule has 3 aromatic carbocycles. The first kappa shape index (κ1) is 18.9. The van der Waals surface area contributed by atoms with E-state index in [1.807, 2.05) is 0 Å². The third-order valence-corrected chi connectivity index (χ3v) is 5.05. The Kier molecular flexibility index (Phi) is 5.48. The summed E-state index contributed by atoms with van der Waals surface area (Å²) >= 11 is 0. The monoisotopic (exact) mass is 393 g/mol. The molecule has 3 aromatic rings. The van der Waals surface area contributed by atoms with E-state index in [4.69, 9.17) is 4.74 Å². The number of nitrogens with one attached hydrogen (secondary N) is 1. The number of benzene rings is 3. The first-order chi connectivity index (χ1) is 12.8. The van der Waals surface area contributed by atoms with Crippen LogP contribution in [0.1, 0.15) is 5.56 Å². The smallest absolute Gasteiger partial charge is 0.246 e. The van der Waals surface area contributed by atoms with Crippen LogP contribution in [0, 0.1) is 17.5 Å². The Morgan fingerprint density at radius 3 is 2.11 bits per heavy atom. The molecule has 0 spiro atoms. The van der Waals surface area contributed by atoms with Gasteiger partial charge in [-0.3, -0.25) is 0 Å². The van der Waals surface area contributed by atoms with Crippen LogP contribution in [-0.4, -0.2) is 8.42 Å². The highest BCUT2D eigenvalue weighted by Gasteiger charge is 2.23. The van der Waals surface area contributed by atoms with Crippen LogP contribution in [0.15, 0.2) is 71.6 Å². The fourth-order valence-electron chi connectivity index (χ4n) is 2.35. The number of sulfonamides is 1. The summed E-state index contributed by atoms with van der Waals surface area (Å²) in [5.74, 6) is -1.93. The molecular formula is C19H14F3NO3S. The Morgan fingerprint density at radius 2 is 1.44 bits per heavy atom. The maximum Gasteiger partial charge on any atom is 0.246 e. The third-order valence-electron chi connectivity index (χ3n) is 3.60. The maximum absolute atomic E-state index is 13.7. The molecule has 0 aliphatic rings. The van der Waals surface area contributed by atoms with Crippen molar-refractivity contribution in [3.8, 4) is 11.5 Å². The van der Waals surface area contributed by atoms with Gasteiger partial charge in [0.25, 0.3) is 0 Å². The van der Waals surface area contributed by atoms with E-state index < -0.39 is 32.4 Å². The zero-order chi connectivity index (χ0) is 19.4. The van der Waals surface area contributed by atoms with Crippen LogP contribution in [0.25, 0.3) is 0 Å². The lowest BCUT2D eigenvalue weighted by Gasteiger charge is -2.10. The topological polar surface area (TPSA) is 55.4 Å². The predicted octanol–water partition coefficient (Wildman–Crippen LogP) is 4.37. The highest BCUT2D eigenvalue weighted by Crippen LogP contribution is 2.23. The molecule has 0 aliphatic carbocycles. The maximum atomic E-state index is 13.7. The summed E-state index contributed by atoms with van der Waals surface area (Å²) in [5.41, 5.74) is 0.509. The standard InChI is InChI=1S/C19H14F3NO3S/c20-14-7-9-15(10-8-14)26-16-4-1-3-13(11-16)12-23-27(24,25)19-17(21)5-2-6-18(19)22/h1-11,23H,12H2. The molecule has 0 bridgehead atoms. The summed E-state index contributed by atoms with van der Waals surface area (Å²) in [6, 6.07) is 14.7. The summed E-state index contributed by atoms with van der Waals surface area (Å²) < 4.78 is 72.4. The van der Waals surface area contributed by atoms with Gasteiger partial charge in [-0.05, 0) is 54.1 Å². The van der Waals surface area contributed by atoms with Crippen molar-refractivity contribution >= 4 is 10.0 Å². The molecule has 0 heterocycles. The van der Waals surface area contributed by atoms with Gasteiger partial charge in [-0.1, -0.05) is 18.2 Å². The van der Waals surface area contributed by atoms with Crippen molar-refractivity contribution < 1.29 is 26.3 Å². The molecule has 4 nitrogen and oxygen atoms in total. The molecule has 0 saturated carbocycles. The Labute approximate surface area is 154 Å². The van der Waals surface area contributed by atoms with Crippen LogP contribution in [0.5, 0.6) is 11.5 Å². The number of ether oxygens (including phenoxy) is 1. The van der Waals surface area contributed by atoms with Gasteiger partial charge in [-0.15, -0.1) is 0 Å². The number of hydrogen-bond acceptors (Lipinski definition) is 3. The van der Waals surface area contributed by atoms with Crippen LogP contribution < -0.4 is 9.46 Å². The first-order valence-electron chi connectivity index (χ1n) is 7.81. The second-order valence-corrected chi connectivity index (χ2v) is 7.28. The molecule has 140 valence electrons. The van der Waals surface area contributed by atoms with Crippen molar-refractivity contribution in [1.82, 2.24) is 4.72 Å². The molecule has 0 radical (unpaired) electrons. The van der Waals surface area contributed by atoms with Crippen molar-refractivity contribution in [3.63, 3.8) is 0 Å². The average molecular weight is 393 g/mol. The van der Waals surface area contributed by atoms with E-state index in [0.717, 1.165) is 18.2 Å². The molecule has 0 saturated heterocycles. The normalized spacial score (nSPS) is 11.4. The molecule has 1 N–H and O–H groups in total. The lowest BCUT2D eigenvalue weighted by atomic mass is 10.2. The average Bonchev–Trinajstić information content (AvgIpc) is 2.62. The van der Waals surface area contributed by atoms with Crippen molar-refractivity contribution in [3.05, 3.63) is 89.7 Å². The van der Waals surface area contributed by atoms with Gasteiger partial charge in [0.05, 0.1) is 0 Å². The highest BCUT2D eigenvalue weighted by atomic mass is 32.2. The predicted molar refractivity (Wildman–Crippen MR) is 93.3 cm³/mol. The van der Waals surface area contributed by atoms with Gasteiger partial charge in [0.2, 0.25) is 10.0 Å². The van der Waals surface area contributed by atoms with Crippen molar-refractivity contribution in [2.75, 3.05) is 0 Å². The third kappa shape index (κ3) is 4.66. The number of hydrogen-bond donors (Lipinski definition) is 1. The van der Waals surface area contributed by atoms with Crippen LogP contribution in [0.3, 0.4) is 0 Å². The van der Waals surface area contributed by atoms with E-state index in [1.54, 1.807) is 24.3 Å². The lowest BCUT2D eigenvalue weighted by Crippen LogP contribution is -2.25. The minimum Gasteiger partial charge on any atom is -0.457 e. The van der Waals surface area contributed by atoms with Crippen LogP contribution in [0.2, 0.25) is 0 Å². The summed E-state index contributed by atoms with van der Waals surface area (Å²) in [5, 5.41) is 0. The van der Waals surface area contributed by atoms with Gasteiger partial charge >= 0.3 is 0 Å². The van der Waals surface area contributed by atoms with Crippen molar-refractivity contribution in [2.24, 2.45) is 0 Å². The summed E-state index contributed by atoms with van der Waals surface area (Å²) in [6.45, 7) is -0.198. The minimum atomic E-state index is -4.38. The van der Waals surface area contributed by atoms with Crippen LogP contribution in [-0.2, 0) is 16.6 Å². The lowest BCUT2D eigenvalue weighted by molar-refractivity contribution is 0.479. The van der Waals surface area contributed by atoms with Crippen molar-refractivity contribution in [2.45, 2.75) is 11.4 Å². The Morgan fingerprint density at radius 1 is 0.815 bits per heavy atom. The first-order valence-corrected chi connectivity index (χ1v) is 9.29. The second-order valence-electron chi connectivity index (χ2n) is 5.58. The van der Waals surface area contributed by atoms with Gasteiger partial charge in [0.15, 0.2) is 4.90 Å². The van der Waals surface area contributed by atoms with E-state index in [2.05, 4.69) is 4.72 Å². The molecule has 0 aromatic heterocycles. The molecule has 3 rings (SSSR count). The SMILES string of the molecule is O=S(=O)(NCc1cccc(Oc2ccc(F)cc2)c1)c1c(F)cccc1F. The van der Waals surface area contributed by atoms with Gasteiger partial charge < -0.3 is 4.74 Å².